The maximum Gasteiger partial charge on any atom is 0.445 e. The van der Waals surface area contributed by atoms with Crippen molar-refractivity contribution in [1.82, 2.24) is 10.2 Å². The van der Waals surface area contributed by atoms with Crippen molar-refractivity contribution < 1.29 is 22.7 Å². The molecule has 1 aromatic heterocycles. The van der Waals surface area contributed by atoms with Gasteiger partial charge in [-0.1, -0.05) is 48.3 Å². The molecule has 1 aromatic carbocycles. The van der Waals surface area contributed by atoms with Crippen LogP contribution in [0, 0.1) is 0 Å². The van der Waals surface area contributed by atoms with Crippen molar-refractivity contribution in [3.8, 4) is 5.19 Å². The largest absolute Gasteiger partial charge is 0.459 e. The molecule has 0 spiro atoms. The normalized spacial score (nSPS) is 10.7. The van der Waals surface area contributed by atoms with Crippen molar-refractivity contribution >= 4 is 34.5 Å². The summed E-state index contributed by atoms with van der Waals surface area (Å²) in [7, 11) is 1.51. The van der Waals surface area contributed by atoms with Gasteiger partial charge in [0.05, 0.1) is 0 Å². The molecule has 0 aliphatic rings. The number of nitrogens with zero attached hydrogens (tertiary/aromatic N) is 3. The number of carbonyl (C=O) groups is 1. The first-order valence-electron chi connectivity index (χ1n) is 7.24. The van der Waals surface area contributed by atoms with Gasteiger partial charge in [0, 0.05) is 17.8 Å². The zero-order valence-corrected chi connectivity index (χ0v) is 15.4. The molecule has 1 amide bonds. The van der Waals surface area contributed by atoms with Crippen molar-refractivity contribution in [2.75, 3.05) is 18.6 Å². The Morgan fingerprint density at radius 3 is 2.28 bits per heavy atom. The second-order valence-electron chi connectivity index (χ2n) is 4.80. The number of likely N-dealkylation sites (N-methyl/N-ethyl adjacent to an activating group) is 1. The third kappa shape index (κ3) is 6.87. The number of hydrogen-bond donors (Lipinski definition) is 0. The maximum atomic E-state index is 12.3. The van der Waals surface area contributed by atoms with E-state index in [1.807, 2.05) is 0 Å². The monoisotopic (exact) mass is 395 g/mol. The predicted molar refractivity (Wildman–Crippen MR) is 91.2 cm³/mol. The minimum absolute atomic E-state index is 0.234. The minimum Gasteiger partial charge on any atom is -0.459 e. The lowest BCUT2D eigenvalue weighted by Crippen LogP contribution is -2.31. The first kappa shape index (κ1) is 21.2. The SMILES string of the molecule is CCC.CN(C(=O)COc1nnc(C(F)(F)F)s1)c1ccc(Cl)cc1. The number of halogens is 4. The fraction of sp³-hybridized carbons (Fsp3) is 0.400. The van der Waals surface area contributed by atoms with Crippen molar-refractivity contribution in [1.29, 1.82) is 0 Å². The molecule has 2 rings (SSSR count). The summed E-state index contributed by atoms with van der Waals surface area (Å²) in [5, 5.41) is 5.28. The Morgan fingerprint density at radius 1 is 1.24 bits per heavy atom. The number of rotatable bonds is 4. The molecule has 0 saturated heterocycles. The predicted octanol–water partition coefficient (Wildman–Crippen LogP) is 4.67. The van der Waals surface area contributed by atoms with E-state index in [1.54, 1.807) is 24.3 Å². The standard InChI is InChI=1S/C12H9ClF3N3O2S.C3H8/c1-19(8-4-2-7(13)3-5-8)9(20)6-21-11-18-17-10(22-11)12(14,15)16;1-3-2/h2-5H,6H2,1H3;3H2,1-2H3. The zero-order valence-electron chi connectivity index (χ0n) is 13.8. The molecular weight excluding hydrogens is 379 g/mol. The topological polar surface area (TPSA) is 55.3 Å². The lowest BCUT2D eigenvalue weighted by atomic mass is 10.3. The summed E-state index contributed by atoms with van der Waals surface area (Å²) in [6.07, 6.45) is -3.33. The summed E-state index contributed by atoms with van der Waals surface area (Å²) >= 11 is 5.98. The van der Waals surface area contributed by atoms with Crippen molar-refractivity contribution in [3.63, 3.8) is 0 Å². The van der Waals surface area contributed by atoms with E-state index >= 15 is 0 Å². The van der Waals surface area contributed by atoms with E-state index in [2.05, 4.69) is 24.0 Å². The molecule has 25 heavy (non-hydrogen) atoms. The number of anilines is 1. The maximum absolute atomic E-state index is 12.3. The number of benzene rings is 1. The number of carbonyl (C=O) groups excluding carboxylic acids is 1. The van der Waals surface area contributed by atoms with Crippen molar-refractivity contribution in [2.45, 2.75) is 26.4 Å². The van der Waals surface area contributed by atoms with Gasteiger partial charge in [-0.2, -0.15) is 13.2 Å². The number of aromatic nitrogens is 2. The van der Waals surface area contributed by atoms with Gasteiger partial charge in [0.1, 0.15) is 0 Å². The number of alkyl halides is 3. The summed E-state index contributed by atoms with van der Waals surface area (Å²) in [6, 6.07) is 6.49. The van der Waals surface area contributed by atoms with Gasteiger partial charge in [-0.05, 0) is 24.3 Å². The van der Waals surface area contributed by atoms with Gasteiger partial charge in [-0.15, -0.1) is 5.10 Å². The van der Waals surface area contributed by atoms with Crippen LogP contribution in [0.5, 0.6) is 5.19 Å². The van der Waals surface area contributed by atoms with Gasteiger partial charge >= 0.3 is 6.18 Å². The first-order valence-corrected chi connectivity index (χ1v) is 8.44. The van der Waals surface area contributed by atoms with Gasteiger partial charge in [0.2, 0.25) is 5.01 Å². The van der Waals surface area contributed by atoms with E-state index < -0.39 is 23.7 Å². The van der Waals surface area contributed by atoms with Crippen LogP contribution >= 0.6 is 22.9 Å². The average molecular weight is 396 g/mol. The summed E-state index contributed by atoms with van der Waals surface area (Å²) in [6.45, 7) is 3.80. The summed E-state index contributed by atoms with van der Waals surface area (Å²) in [5.41, 5.74) is 0.575. The van der Waals surface area contributed by atoms with Crippen LogP contribution in [0.4, 0.5) is 18.9 Å². The fourth-order valence-corrected chi connectivity index (χ4v) is 2.10. The molecule has 0 bridgehead atoms. The fourth-order valence-electron chi connectivity index (χ4n) is 1.41. The summed E-state index contributed by atoms with van der Waals surface area (Å²) in [5.74, 6) is -0.453. The second kappa shape index (κ2) is 9.57. The lowest BCUT2D eigenvalue weighted by Gasteiger charge is -2.16. The van der Waals surface area contributed by atoms with Crippen molar-refractivity contribution in [2.24, 2.45) is 0 Å². The second-order valence-corrected chi connectivity index (χ2v) is 6.17. The summed E-state index contributed by atoms with van der Waals surface area (Å²) < 4.78 is 42.0. The smallest absolute Gasteiger partial charge is 0.445 e. The van der Waals surface area contributed by atoms with E-state index in [9.17, 15) is 18.0 Å². The van der Waals surface area contributed by atoms with Gasteiger partial charge in [-0.25, -0.2) is 0 Å². The third-order valence-corrected chi connectivity index (χ3v) is 3.69. The number of hydrogen-bond acceptors (Lipinski definition) is 5. The summed E-state index contributed by atoms with van der Waals surface area (Å²) in [4.78, 5) is 13.2. The van der Waals surface area contributed by atoms with Crippen LogP contribution < -0.4 is 9.64 Å². The van der Waals surface area contributed by atoms with Crippen LogP contribution in [0.3, 0.4) is 0 Å². The number of amides is 1. The average Bonchev–Trinajstić information content (AvgIpc) is 3.02. The molecule has 2 aromatic rings. The zero-order chi connectivity index (χ0) is 19.0. The Balaban J connectivity index is 0.000000970. The van der Waals surface area contributed by atoms with Gasteiger partial charge in [0.25, 0.3) is 11.1 Å². The van der Waals surface area contributed by atoms with E-state index in [1.165, 1.54) is 18.4 Å². The van der Waals surface area contributed by atoms with E-state index in [0.717, 1.165) is 0 Å². The molecule has 0 N–H and O–H groups in total. The highest BCUT2D eigenvalue weighted by molar-refractivity contribution is 7.13. The number of ether oxygens (including phenoxy) is 1. The van der Waals surface area contributed by atoms with Crippen LogP contribution in [0.2, 0.25) is 5.02 Å². The molecule has 0 atom stereocenters. The highest BCUT2D eigenvalue weighted by Gasteiger charge is 2.36. The third-order valence-electron chi connectivity index (χ3n) is 2.56. The van der Waals surface area contributed by atoms with E-state index in [-0.39, 0.29) is 16.5 Å². The first-order chi connectivity index (χ1) is 11.7. The molecule has 0 unspecified atom stereocenters. The van der Waals surface area contributed by atoms with Crippen LogP contribution in [-0.2, 0) is 11.0 Å². The molecule has 0 aliphatic heterocycles. The van der Waals surface area contributed by atoms with E-state index in [0.29, 0.717) is 10.7 Å². The molecule has 138 valence electrons. The highest BCUT2D eigenvalue weighted by atomic mass is 35.5. The molecular formula is C15H17ClF3N3O2S. The Hall–Kier alpha value is -1.87. The molecule has 10 heteroatoms. The molecule has 0 radical (unpaired) electrons. The lowest BCUT2D eigenvalue weighted by molar-refractivity contribution is -0.138. The Kier molecular flexibility index (Phi) is 8.11. The minimum atomic E-state index is -4.58. The van der Waals surface area contributed by atoms with Crippen LogP contribution in [0.15, 0.2) is 24.3 Å². The molecule has 0 saturated carbocycles. The quantitative estimate of drug-likeness (QED) is 0.755. The van der Waals surface area contributed by atoms with Gasteiger partial charge < -0.3 is 9.64 Å². The molecule has 0 fully saturated rings. The Bertz CT molecular complexity index is 677. The highest BCUT2D eigenvalue weighted by Crippen LogP contribution is 2.33. The van der Waals surface area contributed by atoms with Crippen LogP contribution in [0.1, 0.15) is 25.3 Å². The van der Waals surface area contributed by atoms with Crippen molar-refractivity contribution in [3.05, 3.63) is 34.3 Å². The van der Waals surface area contributed by atoms with Crippen LogP contribution in [0.25, 0.3) is 0 Å². The van der Waals surface area contributed by atoms with Gasteiger partial charge in [0.15, 0.2) is 6.61 Å². The Morgan fingerprint density at radius 2 is 1.80 bits per heavy atom. The molecule has 1 heterocycles. The van der Waals surface area contributed by atoms with Crippen LogP contribution in [-0.4, -0.2) is 29.8 Å². The Labute approximate surface area is 152 Å². The molecule has 0 aliphatic carbocycles. The van der Waals surface area contributed by atoms with Gasteiger partial charge in [-0.3, -0.25) is 4.79 Å². The molecule has 5 nitrogen and oxygen atoms in total. The van der Waals surface area contributed by atoms with E-state index in [4.69, 9.17) is 16.3 Å².